The van der Waals surface area contributed by atoms with Gasteiger partial charge >= 0.3 is 5.91 Å². The Morgan fingerprint density at radius 1 is 1.06 bits per heavy atom. The van der Waals surface area contributed by atoms with Crippen LogP contribution in [0.25, 0.3) is 16.0 Å². The van der Waals surface area contributed by atoms with Gasteiger partial charge in [0.2, 0.25) is 0 Å². The topological polar surface area (TPSA) is 100.0 Å². The van der Waals surface area contributed by atoms with Crippen molar-refractivity contribution in [3.8, 4) is 11.5 Å². The smallest absolute Gasteiger partial charge is 0.301 e. The molecule has 1 saturated heterocycles. The lowest BCUT2D eigenvalue weighted by atomic mass is 9.95. The highest BCUT2D eigenvalue weighted by atomic mass is 32.1. The van der Waals surface area contributed by atoms with Crippen LogP contribution >= 0.6 is 11.3 Å². The van der Waals surface area contributed by atoms with Gasteiger partial charge in [-0.2, -0.15) is 0 Å². The zero-order chi connectivity index (χ0) is 24.0. The number of carbonyl (C=O) groups excluding carboxylic acids is 2. The first-order valence-corrected chi connectivity index (χ1v) is 11.3. The number of aromatic nitrogens is 1. The van der Waals surface area contributed by atoms with Crippen molar-refractivity contribution >= 4 is 44.1 Å². The van der Waals surface area contributed by atoms with E-state index >= 15 is 0 Å². The summed E-state index contributed by atoms with van der Waals surface area (Å²) in [5, 5.41) is 21.6. The van der Waals surface area contributed by atoms with Gasteiger partial charge in [-0.1, -0.05) is 53.3 Å². The van der Waals surface area contributed by atoms with Gasteiger partial charge in [0.25, 0.3) is 5.78 Å². The van der Waals surface area contributed by atoms with Crippen LogP contribution in [0.3, 0.4) is 0 Å². The lowest BCUT2D eigenvalue weighted by Crippen LogP contribution is -2.29. The second-order valence-corrected chi connectivity index (χ2v) is 8.97. The zero-order valence-corrected chi connectivity index (χ0v) is 19.2. The molecule has 1 aliphatic heterocycles. The van der Waals surface area contributed by atoms with Crippen LogP contribution in [0.2, 0.25) is 0 Å². The molecule has 1 amide bonds. The van der Waals surface area contributed by atoms with E-state index in [4.69, 9.17) is 4.74 Å². The van der Waals surface area contributed by atoms with E-state index < -0.39 is 17.7 Å². The van der Waals surface area contributed by atoms with Crippen LogP contribution in [0.1, 0.15) is 22.7 Å². The Bertz CT molecular complexity index is 1470. The summed E-state index contributed by atoms with van der Waals surface area (Å²) in [5.74, 6) is -1.27. The molecule has 8 heteroatoms. The van der Waals surface area contributed by atoms with Crippen LogP contribution in [0, 0.1) is 6.92 Å². The van der Waals surface area contributed by atoms with Gasteiger partial charge in [-0.25, -0.2) is 4.98 Å². The Kier molecular flexibility index (Phi) is 5.30. The molecule has 170 valence electrons. The molecule has 4 aromatic rings. The number of aryl methyl sites for hydroxylation is 1. The molecule has 0 bridgehead atoms. The summed E-state index contributed by atoms with van der Waals surface area (Å²) in [7, 11) is 1.56. The minimum absolute atomic E-state index is 0.0209. The highest BCUT2D eigenvalue weighted by Crippen LogP contribution is 2.45. The standard InChI is InChI=1S/C26H20N2O5S/c1-14-6-8-15(9-7-14)23(30)21-22(16-4-3-5-17(29)12-16)28(25(32)24(21)31)26-27-19-11-10-18(33-2)13-20(19)34-26/h3-13,22,29-30H,1-2H3/b23-21+. The Morgan fingerprint density at radius 3 is 2.53 bits per heavy atom. The molecule has 0 spiro atoms. The monoisotopic (exact) mass is 472 g/mol. The molecule has 1 unspecified atom stereocenters. The van der Waals surface area contributed by atoms with Crippen molar-refractivity contribution in [1.29, 1.82) is 0 Å². The highest BCUT2D eigenvalue weighted by Gasteiger charge is 2.48. The molecule has 2 heterocycles. The number of carbonyl (C=O) groups is 2. The fourth-order valence-electron chi connectivity index (χ4n) is 4.03. The van der Waals surface area contributed by atoms with Gasteiger partial charge in [-0.05, 0) is 42.8 Å². The summed E-state index contributed by atoms with van der Waals surface area (Å²) in [4.78, 5) is 32.4. The maximum atomic E-state index is 13.3. The van der Waals surface area contributed by atoms with E-state index in [1.165, 1.54) is 28.4 Å². The average Bonchev–Trinajstić information content (AvgIpc) is 3.36. The Morgan fingerprint density at radius 2 is 1.82 bits per heavy atom. The third-order valence-corrected chi connectivity index (χ3v) is 6.76. The Hall–Kier alpha value is -4.17. The maximum Gasteiger partial charge on any atom is 0.301 e. The van der Waals surface area contributed by atoms with E-state index in [1.54, 1.807) is 43.5 Å². The van der Waals surface area contributed by atoms with E-state index in [9.17, 15) is 19.8 Å². The number of aliphatic hydroxyl groups is 1. The van der Waals surface area contributed by atoms with Crippen molar-refractivity contribution < 1.29 is 24.5 Å². The minimum atomic E-state index is -0.962. The van der Waals surface area contributed by atoms with Crippen molar-refractivity contribution in [3.63, 3.8) is 0 Å². The predicted molar refractivity (Wildman–Crippen MR) is 130 cm³/mol. The van der Waals surface area contributed by atoms with Crippen molar-refractivity contribution in [2.75, 3.05) is 12.0 Å². The number of aromatic hydroxyl groups is 1. The number of Topliss-reactive ketones (excluding diaryl/α,β-unsaturated/α-hetero) is 1. The number of phenolic OH excluding ortho intramolecular Hbond substituents is 1. The number of anilines is 1. The number of hydrogen-bond acceptors (Lipinski definition) is 7. The lowest BCUT2D eigenvalue weighted by molar-refractivity contribution is -0.132. The average molecular weight is 473 g/mol. The van der Waals surface area contributed by atoms with Crippen LogP contribution in [0.5, 0.6) is 11.5 Å². The van der Waals surface area contributed by atoms with Crippen molar-refractivity contribution in [3.05, 3.63) is 89.0 Å². The lowest BCUT2D eigenvalue weighted by Gasteiger charge is -2.23. The molecule has 1 fully saturated rings. The number of methoxy groups -OCH3 is 1. The van der Waals surface area contributed by atoms with Crippen molar-refractivity contribution in [2.24, 2.45) is 0 Å². The number of benzene rings is 3. The number of ether oxygens (including phenoxy) is 1. The fraction of sp³-hybridized carbons (Fsp3) is 0.115. The molecule has 0 radical (unpaired) electrons. The van der Waals surface area contributed by atoms with E-state index in [-0.39, 0.29) is 17.1 Å². The van der Waals surface area contributed by atoms with Gasteiger partial charge in [0.05, 0.1) is 28.9 Å². The second kappa shape index (κ2) is 8.31. The van der Waals surface area contributed by atoms with Crippen LogP contribution < -0.4 is 9.64 Å². The molecule has 34 heavy (non-hydrogen) atoms. The summed E-state index contributed by atoms with van der Waals surface area (Å²) in [5.41, 5.74) is 2.48. The van der Waals surface area contributed by atoms with Crippen molar-refractivity contribution in [2.45, 2.75) is 13.0 Å². The molecule has 7 nitrogen and oxygen atoms in total. The number of hydrogen-bond donors (Lipinski definition) is 2. The maximum absolute atomic E-state index is 13.3. The number of nitrogens with zero attached hydrogens (tertiary/aromatic N) is 2. The summed E-state index contributed by atoms with van der Waals surface area (Å²) in [6.07, 6.45) is 0. The molecule has 0 saturated carbocycles. The first kappa shape index (κ1) is 21.7. The largest absolute Gasteiger partial charge is 0.508 e. The van der Waals surface area contributed by atoms with Gasteiger partial charge < -0.3 is 14.9 Å². The van der Waals surface area contributed by atoms with Crippen LogP contribution in [-0.4, -0.2) is 34.0 Å². The third-order valence-electron chi connectivity index (χ3n) is 5.75. The molecule has 1 aliphatic rings. The van der Waals surface area contributed by atoms with E-state index in [1.807, 2.05) is 25.1 Å². The first-order valence-electron chi connectivity index (χ1n) is 10.5. The number of phenols is 1. The molecular formula is C26H20N2O5S. The van der Waals surface area contributed by atoms with Gasteiger partial charge in [0.15, 0.2) is 5.13 Å². The summed E-state index contributed by atoms with van der Waals surface area (Å²) >= 11 is 1.24. The zero-order valence-electron chi connectivity index (χ0n) is 18.4. The Balaban J connectivity index is 1.72. The summed E-state index contributed by atoms with van der Waals surface area (Å²) in [6.45, 7) is 1.91. The number of thiazole rings is 1. The Labute approximate surface area is 199 Å². The van der Waals surface area contributed by atoms with Gasteiger partial charge in [-0.15, -0.1) is 0 Å². The first-order chi connectivity index (χ1) is 16.4. The van der Waals surface area contributed by atoms with E-state index in [0.717, 1.165) is 10.3 Å². The predicted octanol–water partition coefficient (Wildman–Crippen LogP) is 4.95. The van der Waals surface area contributed by atoms with Crippen LogP contribution in [0.15, 0.2) is 72.3 Å². The molecule has 2 N–H and O–H groups in total. The number of rotatable bonds is 4. The molecule has 3 aromatic carbocycles. The highest BCUT2D eigenvalue weighted by molar-refractivity contribution is 7.22. The van der Waals surface area contributed by atoms with Crippen LogP contribution in [-0.2, 0) is 9.59 Å². The number of fused-ring (bicyclic) bond motifs is 1. The van der Waals surface area contributed by atoms with Gasteiger partial charge in [0.1, 0.15) is 17.3 Å². The molecule has 0 aliphatic carbocycles. The van der Waals surface area contributed by atoms with Crippen LogP contribution in [0.4, 0.5) is 5.13 Å². The third kappa shape index (κ3) is 3.58. The van der Waals surface area contributed by atoms with E-state index in [0.29, 0.717) is 27.5 Å². The number of ketones is 1. The quantitative estimate of drug-likeness (QED) is 0.248. The number of aliphatic hydroxyl groups excluding tert-OH is 1. The fourth-order valence-corrected chi connectivity index (χ4v) is 5.05. The second-order valence-electron chi connectivity index (χ2n) is 7.96. The van der Waals surface area contributed by atoms with Gasteiger partial charge in [-0.3, -0.25) is 14.5 Å². The van der Waals surface area contributed by atoms with Gasteiger partial charge in [0, 0.05) is 5.56 Å². The SMILES string of the molecule is COc1ccc2nc(N3C(=O)C(=O)/C(=C(/O)c4ccc(C)cc4)C3c3cccc(O)c3)sc2c1. The molecule has 1 atom stereocenters. The van der Waals surface area contributed by atoms with E-state index in [2.05, 4.69) is 4.98 Å². The normalized spacial score (nSPS) is 17.5. The summed E-state index contributed by atoms with van der Waals surface area (Å²) < 4.78 is 6.06. The molecular weight excluding hydrogens is 452 g/mol. The number of amides is 1. The molecule has 5 rings (SSSR count). The minimum Gasteiger partial charge on any atom is -0.508 e. The summed E-state index contributed by atoms with van der Waals surface area (Å²) in [6, 6.07) is 17.7. The van der Waals surface area contributed by atoms with Crippen molar-refractivity contribution in [1.82, 2.24) is 4.98 Å². The molecule has 1 aromatic heterocycles.